The van der Waals surface area contributed by atoms with Gasteiger partial charge in [-0.25, -0.2) is 0 Å². The van der Waals surface area contributed by atoms with E-state index in [0.29, 0.717) is 32.5 Å². The van der Waals surface area contributed by atoms with Crippen molar-refractivity contribution in [2.45, 2.75) is 39.5 Å². The predicted molar refractivity (Wildman–Crippen MR) is 74.0 cm³/mol. The molecule has 0 aliphatic carbocycles. The van der Waals surface area contributed by atoms with Gasteiger partial charge in [0.25, 0.3) is 0 Å². The first-order chi connectivity index (χ1) is 9.43. The summed E-state index contributed by atoms with van der Waals surface area (Å²) in [5.74, 6) is -0.879. The van der Waals surface area contributed by atoms with E-state index in [1.807, 2.05) is 6.92 Å². The van der Waals surface area contributed by atoms with Crippen LogP contribution in [-0.4, -0.2) is 47.4 Å². The zero-order valence-electron chi connectivity index (χ0n) is 12.2. The second-order valence-corrected chi connectivity index (χ2v) is 5.40. The van der Waals surface area contributed by atoms with E-state index in [-0.39, 0.29) is 30.1 Å². The SMILES string of the molecule is CCC(CNC(=O)C1CCN(C(C)=O)CC1)CC(=O)O. The van der Waals surface area contributed by atoms with Crippen LogP contribution in [0.5, 0.6) is 0 Å². The summed E-state index contributed by atoms with van der Waals surface area (Å²) >= 11 is 0. The summed E-state index contributed by atoms with van der Waals surface area (Å²) in [4.78, 5) is 35.6. The zero-order chi connectivity index (χ0) is 15.1. The Labute approximate surface area is 119 Å². The van der Waals surface area contributed by atoms with E-state index in [1.54, 1.807) is 4.90 Å². The second kappa shape index (κ2) is 7.87. The quantitative estimate of drug-likeness (QED) is 0.757. The maximum Gasteiger partial charge on any atom is 0.303 e. The van der Waals surface area contributed by atoms with Crippen LogP contribution in [0.3, 0.4) is 0 Å². The number of nitrogens with zero attached hydrogens (tertiary/aromatic N) is 1. The number of likely N-dealkylation sites (tertiary alicyclic amines) is 1. The van der Waals surface area contributed by atoms with E-state index in [2.05, 4.69) is 5.32 Å². The molecule has 2 N–H and O–H groups in total. The molecule has 6 nitrogen and oxygen atoms in total. The number of carboxylic acids is 1. The lowest BCUT2D eigenvalue weighted by Crippen LogP contribution is -2.43. The van der Waals surface area contributed by atoms with E-state index in [9.17, 15) is 14.4 Å². The monoisotopic (exact) mass is 284 g/mol. The Balaban J connectivity index is 2.33. The number of hydrogen-bond acceptors (Lipinski definition) is 3. The fourth-order valence-corrected chi connectivity index (χ4v) is 2.45. The molecule has 1 atom stereocenters. The number of aliphatic carboxylic acids is 1. The molecule has 0 aromatic rings. The van der Waals surface area contributed by atoms with E-state index in [4.69, 9.17) is 5.11 Å². The molecule has 1 heterocycles. The minimum absolute atomic E-state index is 0.0166. The molecule has 1 fully saturated rings. The fraction of sp³-hybridized carbons (Fsp3) is 0.786. The van der Waals surface area contributed by atoms with Gasteiger partial charge in [-0.3, -0.25) is 14.4 Å². The number of rotatable bonds is 6. The van der Waals surface area contributed by atoms with Crippen molar-refractivity contribution in [1.29, 1.82) is 0 Å². The van der Waals surface area contributed by atoms with Crippen molar-refractivity contribution in [3.63, 3.8) is 0 Å². The number of carbonyl (C=O) groups is 3. The van der Waals surface area contributed by atoms with Gasteiger partial charge in [0.05, 0.1) is 0 Å². The first kappa shape index (κ1) is 16.5. The van der Waals surface area contributed by atoms with Crippen molar-refractivity contribution in [1.82, 2.24) is 10.2 Å². The summed E-state index contributed by atoms with van der Waals surface area (Å²) < 4.78 is 0. The predicted octanol–water partition coefficient (Wildman–Crippen LogP) is 0.862. The second-order valence-electron chi connectivity index (χ2n) is 5.40. The van der Waals surface area contributed by atoms with Crippen LogP contribution in [0.15, 0.2) is 0 Å². The highest BCUT2D eigenvalue weighted by atomic mass is 16.4. The maximum absolute atomic E-state index is 12.0. The molecule has 1 saturated heterocycles. The molecule has 6 heteroatoms. The Morgan fingerprint density at radius 1 is 1.30 bits per heavy atom. The standard InChI is InChI=1S/C14H24N2O4/c1-3-11(8-13(18)19)9-15-14(20)12-4-6-16(7-5-12)10(2)17/h11-12H,3-9H2,1-2H3,(H,15,20)(H,18,19). The van der Waals surface area contributed by atoms with Crippen LogP contribution >= 0.6 is 0 Å². The van der Waals surface area contributed by atoms with Crippen molar-refractivity contribution in [2.75, 3.05) is 19.6 Å². The highest BCUT2D eigenvalue weighted by Gasteiger charge is 2.26. The molecule has 0 aromatic carbocycles. The highest BCUT2D eigenvalue weighted by Crippen LogP contribution is 2.17. The normalized spacial score (nSPS) is 17.6. The summed E-state index contributed by atoms with van der Waals surface area (Å²) in [5.41, 5.74) is 0. The molecule has 20 heavy (non-hydrogen) atoms. The van der Waals surface area contributed by atoms with Crippen molar-refractivity contribution >= 4 is 17.8 Å². The smallest absolute Gasteiger partial charge is 0.303 e. The van der Waals surface area contributed by atoms with Crippen molar-refractivity contribution < 1.29 is 19.5 Å². The molecular weight excluding hydrogens is 260 g/mol. The minimum Gasteiger partial charge on any atom is -0.481 e. The van der Waals surface area contributed by atoms with Crippen molar-refractivity contribution in [2.24, 2.45) is 11.8 Å². The molecule has 1 unspecified atom stereocenters. The van der Waals surface area contributed by atoms with Gasteiger partial charge in [-0.1, -0.05) is 13.3 Å². The maximum atomic E-state index is 12.0. The summed E-state index contributed by atoms with van der Waals surface area (Å²) in [6.45, 7) is 5.12. The van der Waals surface area contributed by atoms with Gasteiger partial charge in [-0.05, 0) is 18.8 Å². The molecule has 1 rings (SSSR count). The van der Waals surface area contributed by atoms with Crippen LogP contribution in [-0.2, 0) is 14.4 Å². The average molecular weight is 284 g/mol. The van der Waals surface area contributed by atoms with E-state index >= 15 is 0 Å². The van der Waals surface area contributed by atoms with Crippen LogP contribution in [0.2, 0.25) is 0 Å². The Morgan fingerprint density at radius 2 is 1.90 bits per heavy atom. The lowest BCUT2D eigenvalue weighted by atomic mass is 9.95. The molecular formula is C14H24N2O4. The van der Waals surface area contributed by atoms with E-state index in [0.717, 1.165) is 6.42 Å². The van der Waals surface area contributed by atoms with Gasteiger partial charge in [0, 0.05) is 38.9 Å². The van der Waals surface area contributed by atoms with Crippen LogP contribution in [0.25, 0.3) is 0 Å². The molecule has 2 amide bonds. The Kier molecular flexibility index (Phi) is 6.48. The third-order valence-electron chi connectivity index (χ3n) is 3.92. The highest BCUT2D eigenvalue weighted by molar-refractivity contribution is 5.79. The number of carboxylic acid groups (broad SMARTS) is 1. The van der Waals surface area contributed by atoms with Gasteiger partial charge in [0.15, 0.2) is 0 Å². The molecule has 0 bridgehead atoms. The topological polar surface area (TPSA) is 86.7 Å². The fourth-order valence-electron chi connectivity index (χ4n) is 2.45. The summed E-state index contributed by atoms with van der Waals surface area (Å²) in [6.07, 6.45) is 2.18. The lowest BCUT2D eigenvalue weighted by Gasteiger charge is -2.30. The number of piperidine rings is 1. The third kappa shape index (κ3) is 5.19. The van der Waals surface area contributed by atoms with E-state index < -0.39 is 5.97 Å². The van der Waals surface area contributed by atoms with E-state index in [1.165, 1.54) is 6.92 Å². The zero-order valence-corrected chi connectivity index (χ0v) is 12.2. The molecule has 0 spiro atoms. The van der Waals surface area contributed by atoms with Crippen LogP contribution in [0, 0.1) is 11.8 Å². The van der Waals surface area contributed by atoms with Crippen LogP contribution in [0.4, 0.5) is 0 Å². The van der Waals surface area contributed by atoms with Crippen molar-refractivity contribution in [3.05, 3.63) is 0 Å². The molecule has 1 aliphatic rings. The van der Waals surface area contributed by atoms with Crippen LogP contribution < -0.4 is 5.32 Å². The van der Waals surface area contributed by atoms with Crippen LogP contribution in [0.1, 0.15) is 39.5 Å². The van der Waals surface area contributed by atoms with Gasteiger partial charge in [-0.15, -0.1) is 0 Å². The first-order valence-corrected chi connectivity index (χ1v) is 7.19. The Hall–Kier alpha value is -1.59. The van der Waals surface area contributed by atoms with Gasteiger partial charge < -0.3 is 15.3 Å². The lowest BCUT2D eigenvalue weighted by molar-refractivity contribution is -0.138. The number of amides is 2. The number of hydrogen-bond donors (Lipinski definition) is 2. The van der Waals surface area contributed by atoms with Gasteiger partial charge in [0.2, 0.25) is 11.8 Å². The number of carbonyl (C=O) groups excluding carboxylic acids is 2. The Morgan fingerprint density at radius 3 is 2.35 bits per heavy atom. The molecule has 0 aromatic heterocycles. The average Bonchev–Trinajstić information content (AvgIpc) is 2.42. The molecule has 114 valence electrons. The third-order valence-corrected chi connectivity index (χ3v) is 3.92. The molecule has 0 radical (unpaired) electrons. The number of nitrogens with one attached hydrogen (secondary N) is 1. The van der Waals surface area contributed by atoms with Gasteiger partial charge >= 0.3 is 5.97 Å². The first-order valence-electron chi connectivity index (χ1n) is 7.19. The molecule has 0 saturated carbocycles. The van der Waals surface area contributed by atoms with Gasteiger partial charge in [-0.2, -0.15) is 0 Å². The summed E-state index contributed by atoms with van der Waals surface area (Å²) in [6, 6.07) is 0. The van der Waals surface area contributed by atoms with Crippen molar-refractivity contribution in [3.8, 4) is 0 Å². The van der Waals surface area contributed by atoms with Gasteiger partial charge in [0.1, 0.15) is 0 Å². The summed E-state index contributed by atoms with van der Waals surface area (Å²) in [5, 5.41) is 11.6. The minimum atomic E-state index is -0.833. The summed E-state index contributed by atoms with van der Waals surface area (Å²) in [7, 11) is 0. The largest absolute Gasteiger partial charge is 0.481 e. The Bertz CT molecular complexity index is 362. The molecule has 1 aliphatic heterocycles.